The third-order valence-corrected chi connectivity index (χ3v) is 2.73. The van der Waals surface area contributed by atoms with E-state index in [1.54, 1.807) is 0 Å². The quantitative estimate of drug-likeness (QED) is 0.716. The van der Waals surface area contributed by atoms with E-state index in [9.17, 15) is 0 Å². The molecule has 2 atom stereocenters. The average Bonchev–Trinajstić information content (AvgIpc) is 2.34. The van der Waals surface area contributed by atoms with Crippen LogP contribution in [0.2, 0.25) is 0 Å². The van der Waals surface area contributed by atoms with Crippen LogP contribution in [-0.2, 0) is 0 Å². The second kappa shape index (κ2) is 7.24. The highest BCUT2D eigenvalue weighted by atomic mass is 14.9. The van der Waals surface area contributed by atoms with Gasteiger partial charge in [0.2, 0.25) is 0 Å². The lowest BCUT2D eigenvalue weighted by molar-refractivity contribution is 0.622. The van der Waals surface area contributed by atoms with E-state index in [0.29, 0.717) is 12.0 Å². The molecule has 0 radical (unpaired) electrons. The summed E-state index contributed by atoms with van der Waals surface area (Å²) in [4.78, 5) is 0. The number of rotatable bonds is 6. The molecule has 1 heteroatoms. The molecule has 0 aliphatic heterocycles. The van der Waals surface area contributed by atoms with Gasteiger partial charge >= 0.3 is 0 Å². The zero-order valence-corrected chi connectivity index (χ0v) is 10.6. The van der Waals surface area contributed by atoms with Crippen molar-refractivity contribution < 1.29 is 0 Å². The van der Waals surface area contributed by atoms with Crippen LogP contribution < -0.4 is 5.32 Å². The normalized spacial score (nSPS) is 15.2. The van der Waals surface area contributed by atoms with Gasteiger partial charge in [-0.2, -0.15) is 0 Å². The molecule has 0 heterocycles. The Bertz CT molecular complexity index is 302. The predicted molar refractivity (Wildman–Crippen MR) is 71.8 cm³/mol. The number of hydrogen-bond donors (Lipinski definition) is 1. The van der Waals surface area contributed by atoms with Gasteiger partial charge in [0.15, 0.2) is 0 Å². The molecule has 0 aromatic heterocycles. The average molecular weight is 217 g/mol. The van der Waals surface area contributed by atoms with Crippen LogP contribution in [-0.4, -0.2) is 12.6 Å². The molecule has 88 valence electrons. The summed E-state index contributed by atoms with van der Waals surface area (Å²) in [6.07, 6.45) is 5.72. The Kier molecular flexibility index (Phi) is 5.87. The van der Waals surface area contributed by atoms with Crippen LogP contribution in [0.1, 0.15) is 38.7 Å². The van der Waals surface area contributed by atoms with Crippen LogP contribution in [0.25, 0.3) is 0 Å². The fourth-order valence-corrected chi connectivity index (χ4v) is 1.64. The fraction of sp³-hybridized carbons (Fsp3) is 0.467. The van der Waals surface area contributed by atoms with Crippen molar-refractivity contribution in [3.63, 3.8) is 0 Å². The first-order chi connectivity index (χ1) is 7.74. The molecule has 0 spiro atoms. The summed E-state index contributed by atoms with van der Waals surface area (Å²) in [5, 5.41) is 3.45. The van der Waals surface area contributed by atoms with Gasteiger partial charge in [-0.1, -0.05) is 56.3 Å². The second-order valence-corrected chi connectivity index (χ2v) is 4.33. The SMILES string of the molecule is CCCNC(C)/C=C/C(C)c1ccccc1. The zero-order valence-electron chi connectivity index (χ0n) is 10.6. The third kappa shape index (κ3) is 4.63. The highest BCUT2D eigenvalue weighted by Crippen LogP contribution is 2.15. The van der Waals surface area contributed by atoms with Crippen molar-refractivity contribution >= 4 is 0 Å². The minimum absolute atomic E-state index is 0.464. The Balaban J connectivity index is 2.44. The molecule has 1 rings (SSSR count). The van der Waals surface area contributed by atoms with Crippen LogP contribution in [0.3, 0.4) is 0 Å². The molecule has 1 nitrogen and oxygen atoms in total. The minimum Gasteiger partial charge on any atom is -0.311 e. The van der Waals surface area contributed by atoms with Gasteiger partial charge in [0, 0.05) is 6.04 Å². The second-order valence-electron chi connectivity index (χ2n) is 4.33. The molecule has 0 amide bonds. The van der Waals surface area contributed by atoms with Crippen molar-refractivity contribution in [1.29, 1.82) is 0 Å². The van der Waals surface area contributed by atoms with E-state index in [4.69, 9.17) is 0 Å². The van der Waals surface area contributed by atoms with E-state index in [-0.39, 0.29) is 0 Å². The van der Waals surface area contributed by atoms with Crippen molar-refractivity contribution in [2.24, 2.45) is 0 Å². The van der Waals surface area contributed by atoms with Gasteiger partial charge < -0.3 is 5.32 Å². The van der Waals surface area contributed by atoms with Crippen molar-refractivity contribution in [3.05, 3.63) is 48.0 Å². The minimum atomic E-state index is 0.464. The Morgan fingerprint density at radius 2 is 1.81 bits per heavy atom. The highest BCUT2D eigenvalue weighted by molar-refractivity contribution is 5.23. The number of hydrogen-bond acceptors (Lipinski definition) is 1. The van der Waals surface area contributed by atoms with Crippen LogP contribution in [0.15, 0.2) is 42.5 Å². The lowest BCUT2D eigenvalue weighted by Gasteiger charge is -2.10. The van der Waals surface area contributed by atoms with Gasteiger partial charge in [0.05, 0.1) is 0 Å². The summed E-state index contributed by atoms with van der Waals surface area (Å²) in [6, 6.07) is 11.1. The molecule has 0 bridgehead atoms. The molecule has 0 aliphatic rings. The van der Waals surface area contributed by atoms with E-state index < -0.39 is 0 Å². The summed E-state index contributed by atoms with van der Waals surface area (Å²) in [5.41, 5.74) is 1.38. The maximum absolute atomic E-state index is 3.45. The lowest BCUT2D eigenvalue weighted by Crippen LogP contribution is -2.24. The van der Waals surface area contributed by atoms with E-state index >= 15 is 0 Å². The smallest absolute Gasteiger partial charge is 0.0221 e. The highest BCUT2D eigenvalue weighted by Gasteiger charge is 2.00. The zero-order chi connectivity index (χ0) is 11.8. The van der Waals surface area contributed by atoms with Crippen molar-refractivity contribution in [1.82, 2.24) is 5.32 Å². The van der Waals surface area contributed by atoms with Crippen LogP contribution in [0.5, 0.6) is 0 Å². The maximum Gasteiger partial charge on any atom is 0.0221 e. The van der Waals surface area contributed by atoms with E-state index in [0.717, 1.165) is 6.54 Å². The van der Waals surface area contributed by atoms with Crippen molar-refractivity contribution in [3.8, 4) is 0 Å². The van der Waals surface area contributed by atoms with Gasteiger partial charge in [-0.15, -0.1) is 0 Å². The van der Waals surface area contributed by atoms with E-state index in [1.165, 1.54) is 12.0 Å². The third-order valence-electron chi connectivity index (χ3n) is 2.73. The number of benzene rings is 1. The Labute approximate surface area is 99.6 Å². The molecule has 1 N–H and O–H groups in total. The summed E-state index contributed by atoms with van der Waals surface area (Å²) >= 11 is 0. The summed E-state index contributed by atoms with van der Waals surface area (Å²) in [5.74, 6) is 0.493. The molecule has 1 aromatic rings. The Morgan fingerprint density at radius 3 is 2.44 bits per heavy atom. The Morgan fingerprint density at radius 1 is 1.12 bits per heavy atom. The standard InChI is InChI=1S/C15H23N/c1-4-12-16-14(3)11-10-13(2)15-8-6-5-7-9-15/h5-11,13-14,16H,4,12H2,1-3H3/b11-10+. The first-order valence-corrected chi connectivity index (χ1v) is 6.20. The molecule has 0 fully saturated rings. The van der Waals surface area contributed by atoms with Gasteiger partial charge in [0.1, 0.15) is 0 Å². The Hall–Kier alpha value is -1.08. The van der Waals surface area contributed by atoms with Crippen molar-refractivity contribution in [2.75, 3.05) is 6.54 Å². The maximum atomic E-state index is 3.45. The molecular formula is C15H23N. The molecule has 16 heavy (non-hydrogen) atoms. The first kappa shape index (κ1) is 13.0. The molecule has 0 saturated heterocycles. The molecular weight excluding hydrogens is 194 g/mol. The monoisotopic (exact) mass is 217 g/mol. The summed E-state index contributed by atoms with van der Waals surface area (Å²) < 4.78 is 0. The van der Waals surface area contributed by atoms with Gasteiger partial charge in [-0.3, -0.25) is 0 Å². The predicted octanol–water partition coefficient (Wildman–Crippen LogP) is 3.73. The topological polar surface area (TPSA) is 12.0 Å². The first-order valence-electron chi connectivity index (χ1n) is 6.20. The fourth-order valence-electron chi connectivity index (χ4n) is 1.64. The van der Waals surface area contributed by atoms with Gasteiger partial charge in [-0.05, 0) is 31.4 Å². The lowest BCUT2D eigenvalue weighted by atomic mass is 10.0. The van der Waals surface area contributed by atoms with Crippen LogP contribution in [0, 0.1) is 0 Å². The molecule has 2 unspecified atom stereocenters. The number of allylic oxidation sites excluding steroid dienone is 1. The molecule has 1 aromatic carbocycles. The van der Waals surface area contributed by atoms with E-state index in [1.807, 2.05) is 0 Å². The van der Waals surface area contributed by atoms with Gasteiger partial charge in [0.25, 0.3) is 0 Å². The van der Waals surface area contributed by atoms with Gasteiger partial charge in [-0.25, -0.2) is 0 Å². The van der Waals surface area contributed by atoms with Crippen LogP contribution >= 0.6 is 0 Å². The molecule has 0 aliphatic carbocycles. The summed E-state index contributed by atoms with van der Waals surface area (Å²) in [7, 11) is 0. The number of nitrogens with one attached hydrogen (secondary N) is 1. The summed E-state index contributed by atoms with van der Waals surface area (Å²) in [6.45, 7) is 7.71. The van der Waals surface area contributed by atoms with Crippen molar-refractivity contribution in [2.45, 2.75) is 39.2 Å². The largest absolute Gasteiger partial charge is 0.311 e. The molecule has 0 saturated carbocycles. The van der Waals surface area contributed by atoms with Crippen LogP contribution in [0.4, 0.5) is 0 Å². The van der Waals surface area contributed by atoms with E-state index in [2.05, 4.69) is 68.6 Å².